The van der Waals surface area contributed by atoms with Crippen LogP contribution < -0.4 is 10.1 Å². The van der Waals surface area contributed by atoms with Crippen molar-refractivity contribution < 1.29 is 14.3 Å². The van der Waals surface area contributed by atoms with Crippen molar-refractivity contribution in [3.8, 4) is 5.75 Å². The zero-order chi connectivity index (χ0) is 20.0. The van der Waals surface area contributed by atoms with E-state index < -0.39 is 5.60 Å². The Labute approximate surface area is 162 Å². The lowest BCUT2D eigenvalue weighted by Gasteiger charge is -2.28. The number of aryl methyl sites for hydroxylation is 2. The molecule has 0 saturated carbocycles. The summed E-state index contributed by atoms with van der Waals surface area (Å²) in [7, 11) is 1.58. The van der Waals surface area contributed by atoms with Gasteiger partial charge in [-0.1, -0.05) is 44.2 Å². The van der Waals surface area contributed by atoms with Crippen LogP contribution in [-0.2, 0) is 16.1 Å². The highest BCUT2D eigenvalue weighted by Crippen LogP contribution is 2.29. The molecule has 1 atom stereocenters. The molecule has 0 radical (unpaired) electrons. The van der Waals surface area contributed by atoms with Crippen LogP contribution in [0.1, 0.15) is 43.9 Å². The monoisotopic (exact) mass is 369 g/mol. The molecule has 2 rings (SSSR count). The van der Waals surface area contributed by atoms with Crippen LogP contribution in [0.25, 0.3) is 0 Å². The second-order valence-corrected chi connectivity index (χ2v) is 7.70. The third kappa shape index (κ3) is 5.57. The SMILES string of the molecule is COC(C)(CC(C)C)C(=O)Nc1cc(C)c(OCc2ccccc2)c(C)c1. The summed E-state index contributed by atoms with van der Waals surface area (Å²) in [4.78, 5) is 12.8. The van der Waals surface area contributed by atoms with Crippen molar-refractivity contribution in [3.05, 3.63) is 59.2 Å². The minimum Gasteiger partial charge on any atom is -0.488 e. The number of rotatable bonds is 8. The lowest BCUT2D eigenvalue weighted by molar-refractivity contribution is -0.137. The van der Waals surface area contributed by atoms with Gasteiger partial charge in [-0.15, -0.1) is 0 Å². The molecule has 0 heterocycles. The molecule has 4 heteroatoms. The van der Waals surface area contributed by atoms with Crippen molar-refractivity contribution in [2.24, 2.45) is 5.92 Å². The van der Waals surface area contributed by atoms with Crippen molar-refractivity contribution in [1.82, 2.24) is 0 Å². The Kier molecular flexibility index (Phi) is 7.03. The fraction of sp³-hybridized carbons (Fsp3) is 0.435. The first kappa shape index (κ1) is 21.0. The van der Waals surface area contributed by atoms with E-state index in [4.69, 9.17) is 9.47 Å². The van der Waals surface area contributed by atoms with Crippen LogP contribution in [0.2, 0.25) is 0 Å². The van der Waals surface area contributed by atoms with Crippen LogP contribution >= 0.6 is 0 Å². The van der Waals surface area contributed by atoms with Crippen molar-refractivity contribution >= 4 is 11.6 Å². The van der Waals surface area contributed by atoms with Gasteiger partial charge in [0.05, 0.1) is 0 Å². The van der Waals surface area contributed by atoms with E-state index >= 15 is 0 Å². The number of benzene rings is 2. The molecule has 0 aromatic heterocycles. The quantitative estimate of drug-likeness (QED) is 0.689. The fourth-order valence-electron chi connectivity index (χ4n) is 3.29. The number of hydrogen-bond acceptors (Lipinski definition) is 3. The summed E-state index contributed by atoms with van der Waals surface area (Å²) in [5, 5.41) is 3.00. The predicted octanol–water partition coefficient (Wildman–Crippen LogP) is 5.27. The van der Waals surface area contributed by atoms with Crippen molar-refractivity contribution in [1.29, 1.82) is 0 Å². The summed E-state index contributed by atoms with van der Waals surface area (Å²) in [6, 6.07) is 14.0. The summed E-state index contributed by atoms with van der Waals surface area (Å²) in [5.41, 5.74) is 3.01. The summed E-state index contributed by atoms with van der Waals surface area (Å²) in [6.07, 6.45) is 0.658. The molecular weight excluding hydrogens is 338 g/mol. The van der Waals surface area contributed by atoms with E-state index in [0.717, 1.165) is 28.1 Å². The Bertz CT molecular complexity index is 747. The average Bonchev–Trinajstić information content (AvgIpc) is 2.61. The minimum absolute atomic E-state index is 0.129. The molecule has 2 aromatic rings. The fourth-order valence-corrected chi connectivity index (χ4v) is 3.29. The molecular formula is C23H31NO3. The maximum Gasteiger partial charge on any atom is 0.256 e. The number of hydrogen-bond donors (Lipinski definition) is 1. The van der Waals surface area contributed by atoms with E-state index in [0.29, 0.717) is 18.9 Å². The lowest BCUT2D eigenvalue weighted by atomic mass is 9.93. The smallest absolute Gasteiger partial charge is 0.256 e. The van der Waals surface area contributed by atoms with E-state index in [1.54, 1.807) is 7.11 Å². The van der Waals surface area contributed by atoms with Crippen LogP contribution in [0.5, 0.6) is 5.75 Å². The van der Waals surface area contributed by atoms with Gasteiger partial charge < -0.3 is 14.8 Å². The number of amides is 1. The molecule has 1 N–H and O–H groups in total. The molecule has 0 fully saturated rings. The predicted molar refractivity (Wildman–Crippen MR) is 110 cm³/mol. The van der Waals surface area contributed by atoms with Gasteiger partial charge in [0.15, 0.2) is 0 Å². The highest BCUT2D eigenvalue weighted by molar-refractivity contribution is 5.97. The molecule has 0 spiro atoms. The van der Waals surface area contributed by atoms with Crippen molar-refractivity contribution in [2.75, 3.05) is 12.4 Å². The molecule has 1 unspecified atom stereocenters. The van der Waals surface area contributed by atoms with Crippen molar-refractivity contribution in [2.45, 2.75) is 53.2 Å². The van der Waals surface area contributed by atoms with Gasteiger partial charge in [-0.3, -0.25) is 4.79 Å². The van der Waals surface area contributed by atoms with Gasteiger partial charge in [0.2, 0.25) is 0 Å². The number of carbonyl (C=O) groups is 1. The van der Waals surface area contributed by atoms with Crippen LogP contribution in [-0.4, -0.2) is 18.6 Å². The molecule has 0 saturated heterocycles. The molecule has 0 aliphatic carbocycles. The van der Waals surface area contributed by atoms with E-state index in [2.05, 4.69) is 19.2 Å². The van der Waals surface area contributed by atoms with E-state index in [1.165, 1.54) is 0 Å². The Balaban J connectivity index is 2.12. The van der Waals surface area contributed by atoms with Gasteiger partial charge in [0.1, 0.15) is 18.0 Å². The maximum atomic E-state index is 12.8. The summed E-state index contributed by atoms with van der Waals surface area (Å²) >= 11 is 0. The van der Waals surface area contributed by atoms with Crippen LogP contribution in [0.3, 0.4) is 0 Å². The number of ether oxygens (including phenoxy) is 2. The zero-order valence-corrected chi connectivity index (χ0v) is 17.3. The van der Waals surface area contributed by atoms with Gasteiger partial charge in [0.25, 0.3) is 5.91 Å². The summed E-state index contributed by atoms with van der Waals surface area (Å²) in [6.45, 7) is 10.5. The van der Waals surface area contributed by atoms with Gasteiger partial charge >= 0.3 is 0 Å². The summed E-state index contributed by atoms with van der Waals surface area (Å²) in [5.74, 6) is 1.09. The Morgan fingerprint density at radius 2 is 1.70 bits per heavy atom. The van der Waals surface area contributed by atoms with Crippen LogP contribution in [0.15, 0.2) is 42.5 Å². The molecule has 27 heavy (non-hydrogen) atoms. The first-order chi connectivity index (χ1) is 12.7. The highest BCUT2D eigenvalue weighted by atomic mass is 16.5. The third-order valence-corrected chi connectivity index (χ3v) is 4.67. The lowest BCUT2D eigenvalue weighted by Crippen LogP contribution is -2.43. The number of nitrogens with one attached hydrogen (secondary N) is 1. The highest BCUT2D eigenvalue weighted by Gasteiger charge is 2.34. The summed E-state index contributed by atoms with van der Waals surface area (Å²) < 4.78 is 11.5. The topological polar surface area (TPSA) is 47.6 Å². The van der Waals surface area contributed by atoms with Gasteiger partial charge in [-0.25, -0.2) is 0 Å². The molecule has 0 aliphatic heterocycles. The average molecular weight is 370 g/mol. The molecule has 0 bridgehead atoms. The number of methoxy groups -OCH3 is 1. The van der Waals surface area contributed by atoms with Crippen LogP contribution in [0, 0.1) is 19.8 Å². The second-order valence-electron chi connectivity index (χ2n) is 7.70. The zero-order valence-electron chi connectivity index (χ0n) is 17.3. The Morgan fingerprint density at radius 3 is 2.22 bits per heavy atom. The minimum atomic E-state index is -0.849. The second kappa shape index (κ2) is 9.05. The Morgan fingerprint density at radius 1 is 1.11 bits per heavy atom. The van der Waals surface area contributed by atoms with Gasteiger partial charge in [-0.2, -0.15) is 0 Å². The van der Waals surface area contributed by atoms with Crippen molar-refractivity contribution in [3.63, 3.8) is 0 Å². The van der Waals surface area contributed by atoms with Crippen LogP contribution in [0.4, 0.5) is 5.69 Å². The van der Waals surface area contributed by atoms with Gasteiger partial charge in [0, 0.05) is 12.8 Å². The first-order valence-corrected chi connectivity index (χ1v) is 9.39. The van der Waals surface area contributed by atoms with E-state index in [-0.39, 0.29) is 5.91 Å². The molecule has 1 amide bonds. The molecule has 2 aromatic carbocycles. The third-order valence-electron chi connectivity index (χ3n) is 4.67. The standard InChI is InChI=1S/C23H31NO3/c1-16(2)14-23(5,26-6)22(25)24-20-12-17(3)21(18(4)13-20)27-15-19-10-8-7-9-11-19/h7-13,16H,14-15H2,1-6H3,(H,24,25). The Hall–Kier alpha value is -2.33. The molecule has 4 nitrogen and oxygen atoms in total. The first-order valence-electron chi connectivity index (χ1n) is 9.39. The molecule has 146 valence electrons. The number of carbonyl (C=O) groups excluding carboxylic acids is 1. The largest absolute Gasteiger partial charge is 0.488 e. The normalized spacial score (nSPS) is 13.3. The van der Waals surface area contributed by atoms with E-state index in [1.807, 2.05) is 63.2 Å². The molecule has 0 aliphatic rings. The van der Waals surface area contributed by atoms with E-state index in [9.17, 15) is 4.79 Å². The van der Waals surface area contributed by atoms with Gasteiger partial charge in [-0.05, 0) is 61.9 Å². The maximum absolute atomic E-state index is 12.8. The number of anilines is 1.